The van der Waals surface area contributed by atoms with E-state index in [2.05, 4.69) is 15.9 Å². The summed E-state index contributed by atoms with van der Waals surface area (Å²) in [5, 5.41) is 0. The van der Waals surface area contributed by atoms with E-state index in [1.165, 1.54) is 25.3 Å². The number of benzene rings is 2. The summed E-state index contributed by atoms with van der Waals surface area (Å²) >= 11 is 3.52. The quantitative estimate of drug-likeness (QED) is 0.738. The molecular weight excluding hydrogens is 314 g/mol. The van der Waals surface area contributed by atoms with Crippen molar-refractivity contribution in [2.24, 2.45) is 0 Å². The van der Waals surface area contributed by atoms with Crippen LogP contribution in [0.15, 0.2) is 36.4 Å². The number of ether oxygens (including phenoxy) is 1. The van der Waals surface area contributed by atoms with Gasteiger partial charge < -0.3 is 4.74 Å². The fraction of sp³-hybridized carbons (Fsp3) is 0.200. The molecule has 1 nitrogen and oxygen atoms in total. The Morgan fingerprint density at radius 2 is 1.84 bits per heavy atom. The molecule has 2 aromatic carbocycles. The third kappa shape index (κ3) is 2.95. The van der Waals surface area contributed by atoms with Crippen molar-refractivity contribution in [3.05, 3.63) is 64.7 Å². The van der Waals surface area contributed by atoms with E-state index in [9.17, 15) is 8.78 Å². The zero-order chi connectivity index (χ0) is 14.0. The van der Waals surface area contributed by atoms with Crippen molar-refractivity contribution >= 4 is 15.9 Å². The zero-order valence-corrected chi connectivity index (χ0v) is 12.2. The van der Waals surface area contributed by atoms with Gasteiger partial charge in [0, 0.05) is 0 Å². The molecule has 0 aromatic heterocycles. The molecule has 0 aliphatic carbocycles. The van der Waals surface area contributed by atoms with Crippen LogP contribution in [0.5, 0.6) is 5.75 Å². The molecule has 0 radical (unpaired) electrons. The van der Waals surface area contributed by atoms with Crippen LogP contribution in [0.3, 0.4) is 0 Å². The SMILES string of the molecule is COc1ccc(C(Br)c2ccc(F)cc2C)cc1F. The second-order valence-corrected chi connectivity index (χ2v) is 5.17. The highest BCUT2D eigenvalue weighted by Crippen LogP contribution is 2.34. The minimum Gasteiger partial charge on any atom is -0.494 e. The summed E-state index contributed by atoms with van der Waals surface area (Å²) in [5.74, 6) is -0.481. The monoisotopic (exact) mass is 326 g/mol. The lowest BCUT2D eigenvalue weighted by Gasteiger charge is -2.14. The van der Waals surface area contributed by atoms with Crippen LogP contribution < -0.4 is 4.74 Å². The molecular formula is C15H13BrF2O. The van der Waals surface area contributed by atoms with E-state index in [4.69, 9.17) is 4.74 Å². The normalized spacial score (nSPS) is 12.3. The van der Waals surface area contributed by atoms with Crippen LogP contribution in [0.2, 0.25) is 0 Å². The van der Waals surface area contributed by atoms with Crippen molar-refractivity contribution in [2.75, 3.05) is 7.11 Å². The first kappa shape index (κ1) is 14.0. The van der Waals surface area contributed by atoms with E-state index in [0.717, 1.165) is 16.7 Å². The topological polar surface area (TPSA) is 9.23 Å². The van der Waals surface area contributed by atoms with E-state index in [-0.39, 0.29) is 16.4 Å². The molecule has 0 N–H and O–H groups in total. The van der Waals surface area contributed by atoms with Gasteiger partial charge in [0.05, 0.1) is 11.9 Å². The molecule has 0 aliphatic rings. The molecule has 0 spiro atoms. The molecule has 2 aromatic rings. The zero-order valence-electron chi connectivity index (χ0n) is 10.6. The first-order valence-electron chi connectivity index (χ1n) is 5.76. The van der Waals surface area contributed by atoms with E-state index in [1.807, 2.05) is 6.92 Å². The predicted molar refractivity (Wildman–Crippen MR) is 74.9 cm³/mol. The van der Waals surface area contributed by atoms with E-state index < -0.39 is 5.82 Å². The van der Waals surface area contributed by atoms with E-state index in [1.54, 1.807) is 18.2 Å². The third-order valence-electron chi connectivity index (χ3n) is 2.97. The Balaban J connectivity index is 2.38. The van der Waals surface area contributed by atoms with Gasteiger partial charge in [-0.2, -0.15) is 0 Å². The van der Waals surface area contributed by atoms with Gasteiger partial charge in [0.25, 0.3) is 0 Å². The standard InChI is InChI=1S/C15H13BrF2O/c1-9-7-11(17)4-5-12(9)15(16)10-3-6-14(19-2)13(18)8-10/h3-8,15H,1-2H3. The van der Waals surface area contributed by atoms with Gasteiger partial charge in [0.1, 0.15) is 5.82 Å². The van der Waals surface area contributed by atoms with Crippen LogP contribution in [0, 0.1) is 18.6 Å². The van der Waals surface area contributed by atoms with Crippen LogP contribution in [0.1, 0.15) is 21.5 Å². The van der Waals surface area contributed by atoms with Crippen molar-refractivity contribution in [3.63, 3.8) is 0 Å². The summed E-state index contributed by atoms with van der Waals surface area (Å²) in [5.41, 5.74) is 2.48. The summed E-state index contributed by atoms with van der Waals surface area (Å²) in [6, 6.07) is 9.34. The Labute approximate surface area is 119 Å². The van der Waals surface area contributed by atoms with E-state index in [0.29, 0.717) is 0 Å². The maximum absolute atomic E-state index is 13.7. The Morgan fingerprint density at radius 1 is 1.11 bits per heavy atom. The van der Waals surface area contributed by atoms with Gasteiger partial charge in [-0.3, -0.25) is 0 Å². The van der Waals surface area contributed by atoms with Crippen molar-refractivity contribution in [3.8, 4) is 5.75 Å². The van der Waals surface area contributed by atoms with Crippen molar-refractivity contribution in [2.45, 2.75) is 11.8 Å². The summed E-state index contributed by atoms with van der Waals surface area (Å²) in [4.78, 5) is -0.187. The average Bonchev–Trinajstić information content (AvgIpc) is 2.38. The van der Waals surface area contributed by atoms with Crippen LogP contribution in [-0.2, 0) is 0 Å². The largest absolute Gasteiger partial charge is 0.494 e. The summed E-state index contributed by atoms with van der Waals surface area (Å²) in [7, 11) is 1.42. The van der Waals surface area contributed by atoms with Gasteiger partial charge in [-0.1, -0.05) is 28.1 Å². The van der Waals surface area contributed by atoms with Gasteiger partial charge in [-0.25, -0.2) is 8.78 Å². The fourth-order valence-corrected chi connectivity index (χ4v) is 2.74. The molecule has 0 aliphatic heterocycles. The van der Waals surface area contributed by atoms with Crippen molar-refractivity contribution in [1.29, 1.82) is 0 Å². The highest BCUT2D eigenvalue weighted by molar-refractivity contribution is 9.09. The smallest absolute Gasteiger partial charge is 0.165 e. The fourth-order valence-electron chi connectivity index (χ4n) is 1.94. The number of aryl methyl sites for hydroxylation is 1. The second-order valence-electron chi connectivity index (χ2n) is 4.26. The molecule has 0 heterocycles. The maximum atomic E-state index is 13.7. The molecule has 0 bridgehead atoms. The average molecular weight is 327 g/mol. The second kappa shape index (κ2) is 5.70. The van der Waals surface area contributed by atoms with Gasteiger partial charge in [0.2, 0.25) is 0 Å². The molecule has 0 saturated heterocycles. The number of hydrogen-bond donors (Lipinski definition) is 0. The molecule has 4 heteroatoms. The lowest BCUT2D eigenvalue weighted by Crippen LogP contribution is -1.98. The van der Waals surface area contributed by atoms with Gasteiger partial charge in [-0.05, 0) is 47.9 Å². The van der Waals surface area contributed by atoms with E-state index >= 15 is 0 Å². The Kier molecular flexibility index (Phi) is 4.20. The molecule has 19 heavy (non-hydrogen) atoms. The van der Waals surface area contributed by atoms with Crippen molar-refractivity contribution < 1.29 is 13.5 Å². The minimum atomic E-state index is -0.413. The highest BCUT2D eigenvalue weighted by Gasteiger charge is 2.15. The predicted octanol–water partition coefficient (Wildman–Crippen LogP) is 4.77. The Bertz CT molecular complexity index is 599. The van der Waals surface area contributed by atoms with Crippen LogP contribution >= 0.6 is 15.9 Å². The molecule has 1 unspecified atom stereocenters. The Hall–Kier alpha value is -1.42. The van der Waals surface area contributed by atoms with Crippen LogP contribution in [0.4, 0.5) is 8.78 Å². The minimum absolute atomic E-state index is 0.187. The Morgan fingerprint density at radius 3 is 2.42 bits per heavy atom. The summed E-state index contributed by atoms with van der Waals surface area (Å²) in [6.45, 7) is 1.83. The molecule has 0 amide bonds. The third-order valence-corrected chi connectivity index (χ3v) is 4.00. The number of halogens is 3. The van der Waals surface area contributed by atoms with Gasteiger partial charge >= 0.3 is 0 Å². The van der Waals surface area contributed by atoms with Crippen molar-refractivity contribution in [1.82, 2.24) is 0 Å². The molecule has 1 atom stereocenters. The van der Waals surface area contributed by atoms with Gasteiger partial charge in [-0.15, -0.1) is 0 Å². The molecule has 0 fully saturated rings. The molecule has 2 rings (SSSR count). The summed E-state index contributed by atoms with van der Waals surface area (Å²) in [6.07, 6.45) is 0. The number of hydrogen-bond acceptors (Lipinski definition) is 1. The molecule has 100 valence electrons. The lowest BCUT2D eigenvalue weighted by molar-refractivity contribution is 0.386. The van der Waals surface area contributed by atoms with Crippen LogP contribution in [-0.4, -0.2) is 7.11 Å². The highest BCUT2D eigenvalue weighted by atomic mass is 79.9. The maximum Gasteiger partial charge on any atom is 0.165 e. The van der Waals surface area contributed by atoms with Gasteiger partial charge in [0.15, 0.2) is 11.6 Å². The first-order chi connectivity index (χ1) is 9.02. The number of methoxy groups -OCH3 is 1. The summed E-state index contributed by atoms with van der Waals surface area (Å²) < 4.78 is 31.7. The lowest BCUT2D eigenvalue weighted by atomic mass is 10.00. The molecule has 0 saturated carbocycles. The van der Waals surface area contributed by atoms with Crippen LogP contribution in [0.25, 0.3) is 0 Å². The first-order valence-corrected chi connectivity index (χ1v) is 6.68. The number of alkyl halides is 1. The number of rotatable bonds is 3.